The standard InChI is InChI=1S/C14H11Br2N3O2/c1-2-7-18-13(20)11(15)12(16)14(21)19(18)8-9-3-5-10(17)6-4-9/h1,3-6H,7-8,17H2. The van der Waals surface area contributed by atoms with Gasteiger partial charge in [-0.15, -0.1) is 6.42 Å². The minimum Gasteiger partial charge on any atom is -0.399 e. The predicted molar refractivity (Wildman–Crippen MR) is 89.2 cm³/mol. The molecule has 0 spiro atoms. The largest absolute Gasteiger partial charge is 0.399 e. The zero-order valence-corrected chi connectivity index (χ0v) is 14.0. The van der Waals surface area contributed by atoms with Crippen LogP contribution in [0.1, 0.15) is 5.56 Å². The fraction of sp³-hybridized carbons (Fsp3) is 0.143. The van der Waals surface area contributed by atoms with Gasteiger partial charge in [0.05, 0.1) is 6.54 Å². The molecule has 5 nitrogen and oxygen atoms in total. The number of nitrogen functional groups attached to an aromatic ring is 1. The second-order valence-electron chi connectivity index (χ2n) is 4.30. The lowest BCUT2D eigenvalue weighted by atomic mass is 10.2. The van der Waals surface area contributed by atoms with Gasteiger partial charge >= 0.3 is 0 Å². The van der Waals surface area contributed by atoms with Crippen LogP contribution < -0.4 is 16.9 Å². The lowest BCUT2D eigenvalue weighted by Gasteiger charge is -2.15. The van der Waals surface area contributed by atoms with Gasteiger partial charge in [0, 0.05) is 5.69 Å². The first-order valence-electron chi connectivity index (χ1n) is 5.92. The summed E-state index contributed by atoms with van der Waals surface area (Å²) < 4.78 is 2.88. The normalized spacial score (nSPS) is 10.3. The Kier molecular flexibility index (Phi) is 4.70. The summed E-state index contributed by atoms with van der Waals surface area (Å²) in [5.41, 5.74) is 6.39. The molecule has 0 aliphatic heterocycles. The Labute approximate surface area is 137 Å². The van der Waals surface area contributed by atoms with Crippen LogP contribution in [-0.2, 0) is 13.1 Å². The average Bonchev–Trinajstić information content (AvgIpc) is 2.48. The van der Waals surface area contributed by atoms with Crippen LogP contribution >= 0.6 is 31.9 Å². The highest BCUT2D eigenvalue weighted by molar-refractivity contribution is 9.13. The molecule has 1 aromatic carbocycles. The van der Waals surface area contributed by atoms with E-state index >= 15 is 0 Å². The molecule has 1 heterocycles. The maximum atomic E-state index is 12.3. The highest BCUT2D eigenvalue weighted by Gasteiger charge is 2.15. The van der Waals surface area contributed by atoms with Crippen molar-refractivity contribution in [3.8, 4) is 12.3 Å². The van der Waals surface area contributed by atoms with Crippen LogP contribution in [0.15, 0.2) is 42.8 Å². The van der Waals surface area contributed by atoms with Crippen LogP contribution in [0.25, 0.3) is 0 Å². The Bertz CT molecular complexity index is 830. The van der Waals surface area contributed by atoms with E-state index in [1.807, 2.05) is 0 Å². The first-order valence-corrected chi connectivity index (χ1v) is 7.51. The van der Waals surface area contributed by atoms with E-state index in [0.717, 1.165) is 5.56 Å². The monoisotopic (exact) mass is 411 g/mol. The van der Waals surface area contributed by atoms with Crippen molar-refractivity contribution >= 4 is 37.5 Å². The van der Waals surface area contributed by atoms with E-state index in [4.69, 9.17) is 12.2 Å². The van der Waals surface area contributed by atoms with Crippen LogP contribution in [0.5, 0.6) is 0 Å². The molecule has 7 heteroatoms. The third-order valence-corrected chi connectivity index (χ3v) is 4.89. The van der Waals surface area contributed by atoms with Gasteiger partial charge in [0.1, 0.15) is 15.5 Å². The molecule has 0 unspecified atom stereocenters. The number of hydrogen-bond acceptors (Lipinski definition) is 3. The molecule has 0 saturated heterocycles. The number of rotatable bonds is 3. The van der Waals surface area contributed by atoms with Crippen molar-refractivity contribution in [1.29, 1.82) is 0 Å². The second kappa shape index (κ2) is 6.33. The molecule has 0 atom stereocenters. The van der Waals surface area contributed by atoms with Crippen molar-refractivity contribution in [2.24, 2.45) is 0 Å². The topological polar surface area (TPSA) is 70.0 Å². The molecule has 108 valence electrons. The molecule has 21 heavy (non-hydrogen) atoms. The van der Waals surface area contributed by atoms with Crippen molar-refractivity contribution < 1.29 is 0 Å². The van der Waals surface area contributed by atoms with E-state index in [1.54, 1.807) is 24.3 Å². The molecule has 2 N–H and O–H groups in total. The summed E-state index contributed by atoms with van der Waals surface area (Å²) >= 11 is 6.23. The van der Waals surface area contributed by atoms with E-state index in [2.05, 4.69) is 37.8 Å². The Morgan fingerprint density at radius 3 is 2.10 bits per heavy atom. The molecular formula is C14H11Br2N3O2. The minimum atomic E-state index is -0.366. The van der Waals surface area contributed by atoms with Gasteiger partial charge in [0.25, 0.3) is 11.1 Å². The Morgan fingerprint density at radius 1 is 1.05 bits per heavy atom. The Morgan fingerprint density at radius 2 is 1.57 bits per heavy atom. The zero-order chi connectivity index (χ0) is 15.6. The van der Waals surface area contributed by atoms with Gasteiger partial charge in [-0.05, 0) is 49.6 Å². The highest BCUT2D eigenvalue weighted by Crippen LogP contribution is 2.14. The summed E-state index contributed by atoms with van der Waals surface area (Å²) in [4.78, 5) is 24.5. The fourth-order valence-electron chi connectivity index (χ4n) is 1.83. The van der Waals surface area contributed by atoms with E-state index in [1.165, 1.54) is 9.36 Å². The smallest absolute Gasteiger partial charge is 0.281 e. The highest BCUT2D eigenvalue weighted by atomic mass is 79.9. The first kappa shape index (κ1) is 15.6. The lowest BCUT2D eigenvalue weighted by Crippen LogP contribution is -2.39. The van der Waals surface area contributed by atoms with Crippen molar-refractivity contribution in [1.82, 2.24) is 9.36 Å². The molecule has 0 aliphatic rings. The van der Waals surface area contributed by atoms with E-state index < -0.39 is 0 Å². The number of nitrogens with zero attached hydrogens (tertiary/aromatic N) is 2. The predicted octanol–water partition coefficient (Wildman–Crippen LogP) is 1.80. The van der Waals surface area contributed by atoms with E-state index in [-0.39, 0.29) is 33.2 Å². The van der Waals surface area contributed by atoms with Crippen LogP contribution in [0.2, 0.25) is 0 Å². The molecule has 0 fully saturated rings. The molecule has 0 amide bonds. The first-order chi connectivity index (χ1) is 9.95. The summed E-state index contributed by atoms with van der Waals surface area (Å²) in [6, 6.07) is 7.06. The number of aromatic nitrogens is 2. The van der Waals surface area contributed by atoms with Crippen LogP contribution in [0.4, 0.5) is 5.69 Å². The molecule has 0 aliphatic carbocycles. The zero-order valence-electron chi connectivity index (χ0n) is 10.8. The van der Waals surface area contributed by atoms with Gasteiger partial charge in [-0.3, -0.25) is 9.59 Å². The molecule has 0 radical (unpaired) electrons. The van der Waals surface area contributed by atoms with Crippen LogP contribution in [0, 0.1) is 12.3 Å². The van der Waals surface area contributed by atoms with Crippen molar-refractivity contribution in [3.63, 3.8) is 0 Å². The van der Waals surface area contributed by atoms with Crippen molar-refractivity contribution in [2.75, 3.05) is 5.73 Å². The number of benzene rings is 1. The number of terminal acetylenes is 1. The second-order valence-corrected chi connectivity index (χ2v) is 5.89. The van der Waals surface area contributed by atoms with Gasteiger partial charge in [-0.2, -0.15) is 0 Å². The van der Waals surface area contributed by atoms with E-state index in [0.29, 0.717) is 5.69 Å². The summed E-state index contributed by atoms with van der Waals surface area (Å²) in [6.45, 7) is 0.233. The average molecular weight is 413 g/mol. The van der Waals surface area contributed by atoms with Crippen molar-refractivity contribution in [2.45, 2.75) is 13.1 Å². The third kappa shape index (κ3) is 3.12. The summed E-state index contributed by atoms with van der Waals surface area (Å²) in [5.74, 6) is 2.38. The Hall–Kier alpha value is -1.78. The third-order valence-electron chi connectivity index (χ3n) is 2.88. The lowest BCUT2D eigenvalue weighted by molar-refractivity contribution is 0.470. The van der Waals surface area contributed by atoms with Gasteiger partial charge in [-0.25, -0.2) is 9.36 Å². The van der Waals surface area contributed by atoms with Crippen LogP contribution in [0.3, 0.4) is 0 Å². The SMILES string of the molecule is C#CCn1c(=O)c(Br)c(Br)c(=O)n1Cc1ccc(N)cc1. The van der Waals surface area contributed by atoms with Gasteiger partial charge in [0.15, 0.2) is 0 Å². The van der Waals surface area contributed by atoms with Gasteiger partial charge in [0.2, 0.25) is 0 Å². The van der Waals surface area contributed by atoms with Crippen LogP contribution in [-0.4, -0.2) is 9.36 Å². The molecule has 1 aromatic heterocycles. The summed E-state index contributed by atoms with van der Waals surface area (Å²) in [6.07, 6.45) is 5.28. The molecule has 0 bridgehead atoms. The maximum Gasteiger partial charge on any atom is 0.281 e. The van der Waals surface area contributed by atoms with Gasteiger partial charge < -0.3 is 5.73 Å². The van der Waals surface area contributed by atoms with E-state index in [9.17, 15) is 9.59 Å². The summed E-state index contributed by atoms with van der Waals surface area (Å²) in [5, 5.41) is 0. The number of hydrogen-bond donors (Lipinski definition) is 1. The number of halogens is 2. The molecule has 0 saturated carbocycles. The fourth-order valence-corrected chi connectivity index (χ4v) is 2.58. The number of nitrogens with two attached hydrogens (primary N) is 1. The Balaban J connectivity index is 2.62. The number of anilines is 1. The molecular weight excluding hydrogens is 402 g/mol. The maximum absolute atomic E-state index is 12.3. The van der Waals surface area contributed by atoms with Gasteiger partial charge in [-0.1, -0.05) is 18.1 Å². The summed E-state index contributed by atoms with van der Waals surface area (Å²) in [7, 11) is 0. The molecule has 2 rings (SSSR count). The minimum absolute atomic E-state index is 0.00885. The molecule has 2 aromatic rings. The van der Waals surface area contributed by atoms with Crippen molar-refractivity contribution in [3.05, 3.63) is 59.5 Å². The quantitative estimate of drug-likeness (QED) is 0.617.